The van der Waals surface area contributed by atoms with Gasteiger partial charge in [-0.2, -0.15) is 0 Å². The molecule has 1 N–H and O–H groups in total. The number of allylic oxidation sites excluding steroid dienone is 2. The molecule has 0 aliphatic heterocycles. The number of hydrogen-bond acceptors (Lipinski definition) is 5. The zero-order chi connectivity index (χ0) is 16.1. The number of anilines is 1. The number of aliphatic carboxylic acids is 1. The topological polar surface area (TPSA) is 87.7 Å². The predicted molar refractivity (Wildman–Crippen MR) is 78.5 cm³/mol. The molecule has 0 fully saturated rings. The minimum absolute atomic E-state index is 0.307. The maximum Gasteiger partial charge on any atom is 0.228 e. The van der Waals surface area contributed by atoms with Crippen LogP contribution in [0.15, 0.2) is 30.4 Å². The number of benzene rings is 1. The van der Waals surface area contributed by atoms with E-state index in [-0.39, 0.29) is 5.91 Å². The van der Waals surface area contributed by atoms with E-state index in [1.54, 1.807) is 24.3 Å². The van der Waals surface area contributed by atoms with Gasteiger partial charge < -0.3 is 24.7 Å². The summed E-state index contributed by atoms with van der Waals surface area (Å²) in [6.45, 7) is 0. The Morgan fingerprint density at radius 3 is 2.09 bits per heavy atom. The van der Waals surface area contributed by atoms with Gasteiger partial charge in [-0.3, -0.25) is 4.79 Å². The van der Waals surface area contributed by atoms with Crippen molar-refractivity contribution in [2.24, 2.45) is 11.8 Å². The highest BCUT2D eigenvalue weighted by Crippen LogP contribution is 2.29. The lowest BCUT2D eigenvalue weighted by atomic mass is 9.82. The zero-order valence-corrected chi connectivity index (χ0v) is 12.5. The normalized spacial score (nSPS) is 20.3. The Morgan fingerprint density at radius 1 is 1.05 bits per heavy atom. The molecule has 0 aromatic heterocycles. The van der Waals surface area contributed by atoms with Crippen LogP contribution in [0.4, 0.5) is 5.69 Å². The van der Waals surface area contributed by atoms with Crippen molar-refractivity contribution in [2.75, 3.05) is 19.5 Å². The molecule has 0 bridgehead atoms. The van der Waals surface area contributed by atoms with Crippen molar-refractivity contribution in [3.05, 3.63) is 30.4 Å². The van der Waals surface area contributed by atoms with Gasteiger partial charge in [-0.05, 0) is 12.8 Å². The lowest BCUT2D eigenvalue weighted by Gasteiger charge is -2.28. The van der Waals surface area contributed by atoms with Crippen LogP contribution in [-0.4, -0.2) is 26.1 Å². The number of ether oxygens (including phenoxy) is 2. The van der Waals surface area contributed by atoms with Crippen LogP contribution in [0.1, 0.15) is 12.8 Å². The minimum atomic E-state index is -1.20. The molecule has 1 aromatic rings. The number of rotatable bonds is 5. The Kier molecular flexibility index (Phi) is 5.04. The molecule has 118 valence electrons. The fourth-order valence-electron chi connectivity index (χ4n) is 2.48. The summed E-state index contributed by atoms with van der Waals surface area (Å²) in [5.74, 6) is -1.93. The monoisotopic (exact) mass is 304 g/mol. The average Bonchev–Trinajstić information content (AvgIpc) is 2.54. The van der Waals surface area contributed by atoms with E-state index in [0.717, 1.165) is 0 Å². The third kappa shape index (κ3) is 3.58. The Balaban J connectivity index is 2.17. The second-order valence-electron chi connectivity index (χ2n) is 5.07. The zero-order valence-electron chi connectivity index (χ0n) is 12.5. The van der Waals surface area contributed by atoms with Gasteiger partial charge in [0.1, 0.15) is 11.5 Å². The standard InChI is InChI=1S/C16H19NO5/c1-21-11-7-10(8-12(9-11)22-2)17-15(18)13-5-3-4-6-14(13)16(19)20/h3-4,7-9,13-14H,5-6H2,1-2H3,(H,17,18)(H,19,20)/p-1/t13-,14+/m1/s1. The molecule has 6 heteroatoms. The van der Waals surface area contributed by atoms with Gasteiger partial charge in [0, 0.05) is 35.8 Å². The molecule has 2 rings (SSSR count). The van der Waals surface area contributed by atoms with Crippen molar-refractivity contribution >= 4 is 17.6 Å². The van der Waals surface area contributed by atoms with Crippen LogP contribution >= 0.6 is 0 Å². The molecule has 0 saturated heterocycles. The third-order valence-corrected chi connectivity index (χ3v) is 3.69. The van der Waals surface area contributed by atoms with E-state index < -0.39 is 17.8 Å². The molecule has 0 radical (unpaired) electrons. The molecule has 2 atom stereocenters. The van der Waals surface area contributed by atoms with Crippen LogP contribution in [0.2, 0.25) is 0 Å². The SMILES string of the molecule is COc1cc(NC(=O)[C@@H]2CC=CC[C@@H]2C(=O)[O-])cc(OC)c1. The largest absolute Gasteiger partial charge is 0.550 e. The molecule has 0 heterocycles. The first-order chi connectivity index (χ1) is 10.5. The van der Waals surface area contributed by atoms with Crippen molar-refractivity contribution in [1.82, 2.24) is 0 Å². The maximum absolute atomic E-state index is 12.4. The lowest BCUT2D eigenvalue weighted by Crippen LogP contribution is -2.41. The first-order valence-corrected chi connectivity index (χ1v) is 6.95. The van der Waals surface area contributed by atoms with Gasteiger partial charge in [-0.25, -0.2) is 0 Å². The summed E-state index contributed by atoms with van der Waals surface area (Å²) in [5.41, 5.74) is 0.493. The molecule has 22 heavy (non-hydrogen) atoms. The number of carboxylic acid groups (broad SMARTS) is 1. The van der Waals surface area contributed by atoms with Crippen molar-refractivity contribution in [2.45, 2.75) is 12.8 Å². The Labute approximate surface area is 128 Å². The summed E-state index contributed by atoms with van der Waals surface area (Å²) in [7, 11) is 3.02. The van der Waals surface area contributed by atoms with E-state index >= 15 is 0 Å². The van der Waals surface area contributed by atoms with E-state index in [9.17, 15) is 14.7 Å². The van der Waals surface area contributed by atoms with Crippen molar-refractivity contribution in [3.63, 3.8) is 0 Å². The summed E-state index contributed by atoms with van der Waals surface area (Å²) < 4.78 is 10.3. The van der Waals surface area contributed by atoms with Crippen molar-refractivity contribution in [3.8, 4) is 11.5 Å². The predicted octanol–water partition coefficient (Wildman–Crippen LogP) is 0.975. The Hall–Kier alpha value is -2.50. The van der Waals surface area contributed by atoms with Crippen molar-refractivity contribution < 1.29 is 24.2 Å². The molecule has 1 aliphatic carbocycles. The van der Waals surface area contributed by atoms with Crippen LogP contribution in [-0.2, 0) is 9.59 Å². The van der Waals surface area contributed by atoms with E-state index in [0.29, 0.717) is 30.0 Å². The summed E-state index contributed by atoms with van der Waals surface area (Å²) in [6.07, 6.45) is 4.27. The summed E-state index contributed by atoms with van der Waals surface area (Å²) in [6, 6.07) is 4.98. The van der Waals surface area contributed by atoms with E-state index in [1.807, 2.05) is 6.08 Å². The van der Waals surface area contributed by atoms with Crippen molar-refractivity contribution in [1.29, 1.82) is 0 Å². The van der Waals surface area contributed by atoms with Gasteiger partial charge in [0.15, 0.2) is 0 Å². The molecule has 0 saturated carbocycles. The number of nitrogens with one attached hydrogen (secondary N) is 1. The fourth-order valence-corrected chi connectivity index (χ4v) is 2.48. The van der Waals surface area contributed by atoms with Gasteiger partial charge in [0.2, 0.25) is 5.91 Å². The van der Waals surface area contributed by atoms with Gasteiger partial charge in [-0.15, -0.1) is 0 Å². The molecule has 6 nitrogen and oxygen atoms in total. The number of hydrogen-bond donors (Lipinski definition) is 1. The number of methoxy groups -OCH3 is 2. The molecular formula is C16H18NO5-. The molecule has 0 unspecified atom stereocenters. The van der Waals surface area contributed by atoms with Crippen LogP contribution in [0.5, 0.6) is 11.5 Å². The molecule has 0 spiro atoms. The molecule has 1 amide bonds. The number of amides is 1. The number of carbonyl (C=O) groups excluding carboxylic acids is 2. The van der Waals surface area contributed by atoms with Gasteiger partial charge in [0.25, 0.3) is 0 Å². The highest BCUT2D eigenvalue weighted by atomic mass is 16.5. The smallest absolute Gasteiger partial charge is 0.228 e. The van der Waals surface area contributed by atoms with E-state index in [2.05, 4.69) is 5.32 Å². The lowest BCUT2D eigenvalue weighted by molar-refractivity contribution is -0.313. The highest BCUT2D eigenvalue weighted by Gasteiger charge is 2.29. The summed E-state index contributed by atoms with van der Waals surface area (Å²) in [4.78, 5) is 23.5. The highest BCUT2D eigenvalue weighted by molar-refractivity contribution is 5.95. The van der Waals surface area contributed by atoms with Gasteiger partial charge in [0.05, 0.1) is 20.1 Å². The Bertz CT molecular complexity index is 574. The second kappa shape index (κ2) is 6.98. The summed E-state index contributed by atoms with van der Waals surface area (Å²) >= 11 is 0. The summed E-state index contributed by atoms with van der Waals surface area (Å²) in [5, 5.41) is 13.9. The van der Waals surface area contributed by atoms with Gasteiger partial charge in [-0.1, -0.05) is 12.2 Å². The van der Waals surface area contributed by atoms with Crippen LogP contribution in [0.25, 0.3) is 0 Å². The number of carbonyl (C=O) groups is 2. The maximum atomic E-state index is 12.4. The Morgan fingerprint density at radius 2 is 1.59 bits per heavy atom. The molecular weight excluding hydrogens is 286 g/mol. The first kappa shape index (κ1) is 15.9. The average molecular weight is 304 g/mol. The van der Waals surface area contributed by atoms with E-state index in [1.165, 1.54) is 14.2 Å². The van der Waals surface area contributed by atoms with E-state index in [4.69, 9.17) is 9.47 Å². The van der Waals surface area contributed by atoms with Gasteiger partial charge >= 0.3 is 0 Å². The fraction of sp³-hybridized carbons (Fsp3) is 0.375. The number of carboxylic acids is 1. The quantitative estimate of drug-likeness (QED) is 0.819. The minimum Gasteiger partial charge on any atom is -0.550 e. The third-order valence-electron chi connectivity index (χ3n) is 3.69. The second-order valence-corrected chi connectivity index (χ2v) is 5.07. The van der Waals surface area contributed by atoms with Crippen LogP contribution in [0.3, 0.4) is 0 Å². The molecule has 1 aromatic carbocycles. The molecule has 1 aliphatic rings. The van der Waals surface area contributed by atoms with Crippen LogP contribution in [0, 0.1) is 11.8 Å². The first-order valence-electron chi connectivity index (χ1n) is 6.95. The van der Waals surface area contributed by atoms with Crippen LogP contribution < -0.4 is 19.9 Å².